The Morgan fingerprint density at radius 2 is 1.94 bits per heavy atom. The number of nitrogens with two attached hydrogens (primary N) is 1. The second kappa shape index (κ2) is 6.61. The van der Waals surface area contributed by atoms with Gasteiger partial charge >= 0.3 is 11.9 Å². The second-order valence-corrected chi connectivity index (χ2v) is 3.88. The summed E-state index contributed by atoms with van der Waals surface area (Å²) in [4.78, 5) is 20.5. The molecule has 0 aliphatic carbocycles. The van der Waals surface area contributed by atoms with Crippen molar-refractivity contribution in [1.82, 2.24) is 5.32 Å². The van der Waals surface area contributed by atoms with Crippen molar-refractivity contribution in [2.75, 3.05) is 12.3 Å². The summed E-state index contributed by atoms with van der Waals surface area (Å²) in [5.74, 6) is -1.71. The van der Waals surface area contributed by atoms with Crippen LogP contribution in [0.15, 0.2) is 24.3 Å². The van der Waals surface area contributed by atoms with Crippen LogP contribution < -0.4 is 11.1 Å². The normalized spacial score (nSPS) is 17.7. The van der Waals surface area contributed by atoms with Crippen molar-refractivity contribution in [2.45, 2.75) is 18.9 Å². The highest BCUT2D eigenvalue weighted by Crippen LogP contribution is 2.09. The van der Waals surface area contributed by atoms with E-state index in [9.17, 15) is 9.59 Å². The van der Waals surface area contributed by atoms with Gasteiger partial charge in [0.2, 0.25) is 0 Å². The third kappa shape index (κ3) is 4.06. The number of carboxylic acids is 2. The van der Waals surface area contributed by atoms with Crippen LogP contribution in [0, 0.1) is 0 Å². The van der Waals surface area contributed by atoms with E-state index in [4.69, 9.17) is 15.9 Å². The van der Waals surface area contributed by atoms with Crippen molar-refractivity contribution < 1.29 is 19.8 Å². The van der Waals surface area contributed by atoms with Gasteiger partial charge in [-0.15, -0.1) is 0 Å². The van der Waals surface area contributed by atoms with E-state index in [1.165, 1.54) is 6.07 Å². The van der Waals surface area contributed by atoms with Crippen molar-refractivity contribution in [3.8, 4) is 0 Å². The van der Waals surface area contributed by atoms with Crippen LogP contribution in [0.3, 0.4) is 0 Å². The Morgan fingerprint density at radius 1 is 1.28 bits per heavy atom. The maximum Gasteiger partial charge on any atom is 0.337 e. The highest BCUT2D eigenvalue weighted by atomic mass is 16.4. The molecule has 1 atom stereocenters. The monoisotopic (exact) mass is 252 g/mol. The first-order valence-electron chi connectivity index (χ1n) is 5.56. The van der Waals surface area contributed by atoms with E-state index in [-0.39, 0.29) is 11.6 Å². The Bertz CT molecular complexity index is 428. The highest BCUT2D eigenvalue weighted by molar-refractivity contribution is 5.93. The Balaban J connectivity index is 0.000000184. The lowest BCUT2D eigenvalue weighted by atomic mass is 10.2. The van der Waals surface area contributed by atoms with Gasteiger partial charge in [0.25, 0.3) is 0 Å². The first-order valence-corrected chi connectivity index (χ1v) is 5.56. The summed E-state index contributed by atoms with van der Waals surface area (Å²) >= 11 is 0. The molecular formula is C12H16N2O4. The van der Waals surface area contributed by atoms with Gasteiger partial charge in [0, 0.05) is 5.69 Å². The van der Waals surface area contributed by atoms with Crippen LogP contribution in [0.4, 0.5) is 5.69 Å². The zero-order valence-corrected chi connectivity index (χ0v) is 9.80. The second-order valence-electron chi connectivity index (χ2n) is 3.88. The summed E-state index contributed by atoms with van der Waals surface area (Å²) in [5.41, 5.74) is 5.80. The van der Waals surface area contributed by atoms with Crippen LogP contribution in [-0.2, 0) is 4.79 Å². The number of hydrogen-bond donors (Lipinski definition) is 4. The van der Waals surface area contributed by atoms with Gasteiger partial charge in [0.05, 0.1) is 5.56 Å². The summed E-state index contributed by atoms with van der Waals surface area (Å²) in [6.07, 6.45) is 1.78. The molecule has 6 nitrogen and oxygen atoms in total. The maximum absolute atomic E-state index is 10.3. The number of anilines is 1. The molecule has 0 unspecified atom stereocenters. The SMILES string of the molecule is Nc1ccccc1C(=O)O.O=C(O)[C@@H]1CCCN1. The van der Waals surface area contributed by atoms with E-state index in [0.717, 1.165) is 19.4 Å². The molecule has 1 saturated heterocycles. The molecule has 0 bridgehead atoms. The number of benzene rings is 1. The number of carbonyl (C=O) groups is 2. The highest BCUT2D eigenvalue weighted by Gasteiger charge is 2.20. The van der Waals surface area contributed by atoms with Crippen molar-refractivity contribution in [1.29, 1.82) is 0 Å². The Kier molecular flexibility index (Phi) is 5.13. The number of rotatable bonds is 2. The average molecular weight is 252 g/mol. The number of carboxylic acid groups (broad SMARTS) is 2. The quantitative estimate of drug-likeness (QED) is 0.579. The van der Waals surface area contributed by atoms with E-state index >= 15 is 0 Å². The molecule has 0 spiro atoms. The zero-order valence-electron chi connectivity index (χ0n) is 9.80. The molecule has 1 aromatic carbocycles. The van der Waals surface area contributed by atoms with Gasteiger partial charge in [-0.3, -0.25) is 4.79 Å². The van der Waals surface area contributed by atoms with Crippen molar-refractivity contribution >= 4 is 17.6 Å². The lowest BCUT2D eigenvalue weighted by molar-refractivity contribution is -0.139. The molecule has 2 rings (SSSR count). The Labute approximate surface area is 104 Å². The summed E-state index contributed by atoms with van der Waals surface area (Å²) in [6.45, 7) is 0.858. The standard InChI is InChI=1S/C7H7NO2.C5H9NO2/c8-6-4-2-1-3-5(6)7(9)10;7-5(8)4-2-1-3-6-4/h1-4H,8H2,(H,9,10);4,6H,1-3H2,(H,7,8)/t;4-/m.0/s1. The van der Waals surface area contributed by atoms with Gasteiger partial charge in [-0.25, -0.2) is 4.79 Å². The predicted molar refractivity (Wildman–Crippen MR) is 66.5 cm³/mol. The van der Waals surface area contributed by atoms with Crippen LogP contribution in [0.2, 0.25) is 0 Å². The van der Waals surface area contributed by atoms with Crippen LogP contribution in [0.25, 0.3) is 0 Å². The lowest BCUT2D eigenvalue weighted by Crippen LogP contribution is -2.29. The summed E-state index contributed by atoms with van der Waals surface area (Å²) in [7, 11) is 0. The van der Waals surface area contributed by atoms with Gasteiger partial charge < -0.3 is 21.3 Å². The molecule has 0 radical (unpaired) electrons. The molecule has 1 fully saturated rings. The van der Waals surface area contributed by atoms with Gasteiger partial charge in [-0.05, 0) is 31.5 Å². The fourth-order valence-corrected chi connectivity index (χ4v) is 1.59. The van der Waals surface area contributed by atoms with Crippen LogP contribution in [0.5, 0.6) is 0 Å². The van der Waals surface area contributed by atoms with Crippen molar-refractivity contribution in [3.63, 3.8) is 0 Å². The summed E-state index contributed by atoms with van der Waals surface area (Å²) < 4.78 is 0. The van der Waals surface area contributed by atoms with E-state index in [2.05, 4.69) is 5.32 Å². The molecule has 6 heteroatoms. The molecule has 98 valence electrons. The van der Waals surface area contributed by atoms with Gasteiger partial charge in [-0.2, -0.15) is 0 Å². The van der Waals surface area contributed by atoms with Gasteiger partial charge in [-0.1, -0.05) is 12.1 Å². The fourth-order valence-electron chi connectivity index (χ4n) is 1.59. The molecule has 1 aliphatic rings. The number of hydrogen-bond acceptors (Lipinski definition) is 4. The van der Waals surface area contributed by atoms with E-state index in [0.29, 0.717) is 5.69 Å². The largest absolute Gasteiger partial charge is 0.480 e. The Hall–Kier alpha value is -2.08. The van der Waals surface area contributed by atoms with Gasteiger partial charge in [0.1, 0.15) is 6.04 Å². The van der Waals surface area contributed by atoms with Crippen molar-refractivity contribution in [3.05, 3.63) is 29.8 Å². The van der Waals surface area contributed by atoms with E-state index < -0.39 is 11.9 Å². The Morgan fingerprint density at radius 3 is 2.28 bits per heavy atom. The molecule has 1 aliphatic heterocycles. The lowest BCUT2D eigenvalue weighted by Gasteiger charge is -1.99. The molecule has 1 aromatic rings. The first-order chi connectivity index (χ1) is 8.52. The molecule has 0 aromatic heterocycles. The van der Waals surface area contributed by atoms with Gasteiger partial charge in [0.15, 0.2) is 0 Å². The van der Waals surface area contributed by atoms with Crippen LogP contribution in [-0.4, -0.2) is 34.7 Å². The number of aromatic carboxylic acids is 1. The molecule has 18 heavy (non-hydrogen) atoms. The first kappa shape index (κ1) is 14.0. The molecule has 5 N–H and O–H groups in total. The summed E-state index contributed by atoms with van der Waals surface area (Å²) in [6, 6.07) is 6.10. The smallest absolute Gasteiger partial charge is 0.337 e. The third-order valence-corrected chi connectivity index (χ3v) is 2.55. The number of nitrogens with one attached hydrogen (secondary N) is 1. The zero-order chi connectivity index (χ0) is 13.5. The van der Waals surface area contributed by atoms with Crippen LogP contribution in [0.1, 0.15) is 23.2 Å². The van der Waals surface area contributed by atoms with E-state index in [1.807, 2.05) is 0 Å². The molecule has 0 amide bonds. The van der Waals surface area contributed by atoms with Crippen LogP contribution >= 0.6 is 0 Å². The van der Waals surface area contributed by atoms with Crippen molar-refractivity contribution in [2.24, 2.45) is 0 Å². The minimum absolute atomic E-state index is 0.155. The minimum atomic E-state index is -0.988. The number of nitrogen functional groups attached to an aromatic ring is 1. The molecule has 1 heterocycles. The topological polar surface area (TPSA) is 113 Å². The fraction of sp³-hybridized carbons (Fsp3) is 0.333. The third-order valence-electron chi connectivity index (χ3n) is 2.55. The number of para-hydroxylation sites is 1. The minimum Gasteiger partial charge on any atom is -0.480 e. The molecular weight excluding hydrogens is 236 g/mol. The molecule has 0 saturated carbocycles. The average Bonchev–Trinajstić information content (AvgIpc) is 2.83. The maximum atomic E-state index is 10.3. The number of aliphatic carboxylic acids is 1. The predicted octanol–water partition coefficient (Wildman–Crippen LogP) is 0.790. The van der Waals surface area contributed by atoms with E-state index in [1.54, 1.807) is 18.2 Å². The summed E-state index contributed by atoms with van der Waals surface area (Å²) in [5, 5.41) is 19.7.